The zero-order valence-electron chi connectivity index (χ0n) is 18.7. The number of aryl methyl sites for hydroxylation is 1. The van der Waals surface area contributed by atoms with Gasteiger partial charge < -0.3 is 15.0 Å². The van der Waals surface area contributed by atoms with Crippen molar-refractivity contribution in [3.05, 3.63) is 83.9 Å². The van der Waals surface area contributed by atoms with Crippen molar-refractivity contribution in [2.45, 2.75) is 13.0 Å². The van der Waals surface area contributed by atoms with Crippen molar-refractivity contribution >= 4 is 17.5 Å². The smallest absolute Gasteiger partial charge is 0.253 e. The van der Waals surface area contributed by atoms with E-state index in [2.05, 4.69) is 10.2 Å². The molecule has 6 nitrogen and oxygen atoms in total. The third-order valence-corrected chi connectivity index (χ3v) is 6.30. The largest absolute Gasteiger partial charge is 0.490 e. The molecule has 0 saturated carbocycles. The second-order valence-electron chi connectivity index (χ2n) is 8.68. The van der Waals surface area contributed by atoms with Crippen LogP contribution in [-0.4, -0.2) is 60.4 Å². The third-order valence-electron chi connectivity index (χ3n) is 6.30. The van der Waals surface area contributed by atoms with Gasteiger partial charge in [-0.15, -0.1) is 0 Å². The monoisotopic (exact) mass is 441 g/mol. The van der Waals surface area contributed by atoms with Gasteiger partial charge in [-0.3, -0.25) is 14.5 Å². The second-order valence-corrected chi connectivity index (χ2v) is 8.68. The van der Waals surface area contributed by atoms with E-state index in [-0.39, 0.29) is 24.4 Å². The average Bonchev–Trinajstić information content (AvgIpc) is 2.90. The van der Waals surface area contributed by atoms with Gasteiger partial charge in [0.05, 0.1) is 18.3 Å². The van der Waals surface area contributed by atoms with Gasteiger partial charge in [0.2, 0.25) is 5.91 Å². The van der Waals surface area contributed by atoms with E-state index >= 15 is 0 Å². The first kappa shape index (κ1) is 21.2. The minimum absolute atomic E-state index is 0.0237. The lowest BCUT2D eigenvalue weighted by Crippen LogP contribution is -2.57. The molecular formula is C27H27N3O3. The van der Waals surface area contributed by atoms with Gasteiger partial charge in [0.1, 0.15) is 12.4 Å². The zero-order chi connectivity index (χ0) is 22.8. The van der Waals surface area contributed by atoms with Gasteiger partial charge >= 0.3 is 0 Å². The summed E-state index contributed by atoms with van der Waals surface area (Å²) in [5.74, 6) is 0.595. The standard InChI is InChI=1S/C27H27N3O3/c1-19-6-5-9-22(14-19)27(32)30-13-12-29-17-26(31)28-24-15-21(20-7-3-2-4-8-20)10-11-25(24)33-18-23(29)16-30/h2-11,14-15,23H,12-13,16-18H2,1H3,(H,28,31)/t23-/m0/s1. The first-order valence-corrected chi connectivity index (χ1v) is 11.3. The highest BCUT2D eigenvalue weighted by molar-refractivity contribution is 5.95. The Bertz CT molecular complexity index is 1180. The zero-order valence-corrected chi connectivity index (χ0v) is 18.7. The van der Waals surface area contributed by atoms with Crippen molar-refractivity contribution in [2.75, 3.05) is 38.1 Å². The fourth-order valence-electron chi connectivity index (χ4n) is 4.53. The molecule has 33 heavy (non-hydrogen) atoms. The highest BCUT2D eigenvalue weighted by Crippen LogP contribution is 2.32. The first-order valence-electron chi connectivity index (χ1n) is 11.3. The quantitative estimate of drug-likeness (QED) is 0.657. The van der Waals surface area contributed by atoms with E-state index < -0.39 is 0 Å². The summed E-state index contributed by atoms with van der Waals surface area (Å²) in [6.45, 7) is 4.41. The van der Waals surface area contributed by atoms with Crippen molar-refractivity contribution < 1.29 is 14.3 Å². The highest BCUT2D eigenvalue weighted by Gasteiger charge is 2.33. The average molecular weight is 442 g/mol. The Labute approximate surface area is 193 Å². The van der Waals surface area contributed by atoms with Gasteiger partial charge in [-0.2, -0.15) is 0 Å². The molecule has 2 amide bonds. The summed E-state index contributed by atoms with van der Waals surface area (Å²) in [5, 5.41) is 3.03. The normalized spacial score (nSPS) is 18.6. The number of fused-ring (bicyclic) bond motifs is 2. The molecule has 0 spiro atoms. The van der Waals surface area contributed by atoms with Crippen LogP contribution in [0.15, 0.2) is 72.8 Å². The van der Waals surface area contributed by atoms with Crippen molar-refractivity contribution in [1.29, 1.82) is 0 Å². The number of benzene rings is 3. The predicted octanol–water partition coefficient (Wildman–Crippen LogP) is 3.82. The minimum Gasteiger partial charge on any atom is -0.490 e. The SMILES string of the molecule is Cc1cccc(C(=O)N2CCN3CC(=O)Nc4cc(-c5ccccc5)ccc4OC[C@@H]3C2)c1. The molecule has 2 aliphatic rings. The number of carbonyl (C=O) groups excluding carboxylic acids is 2. The summed E-state index contributed by atoms with van der Waals surface area (Å²) in [7, 11) is 0. The Balaban J connectivity index is 1.35. The maximum Gasteiger partial charge on any atom is 0.253 e. The van der Waals surface area contributed by atoms with Crippen LogP contribution >= 0.6 is 0 Å². The first-order chi connectivity index (χ1) is 16.1. The summed E-state index contributed by atoms with van der Waals surface area (Å²) >= 11 is 0. The number of rotatable bonds is 2. The number of carbonyl (C=O) groups is 2. The lowest BCUT2D eigenvalue weighted by molar-refractivity contribution is -0.118. The van der Waals surface area contributed by atoms with Crippen LogP contribution in [0.3, 0.4) is 0 Å². The van der Waals surface area contributed by atoms with Crippen molar-refractivity contribution in [3.8, 4) is 16.9 Å². The molecule has 0 radical (unpaired) electrons. The lowest BCUT2D eigenvalue weighted by Gasteiger charge is -2.40. The number of ether oxygens (including phenoxy) is 1. The molecule has 2 heterocycles. The molecule has 0 unspecified atom stereocenters. The van der Waals surface area contributed by atoms with Crippen LogP contribution in [0.5, 0.6) is 5.75 Å². The number of amides is 2. The molecule has 3 aromatic carbocycles. The number of nitrogens with one attached hydrogen (secondary N) is 1. The molecule has 1 N–H and O–H groups in total. The molecule has 2 aliphatic heterocycles. The molecule has 1 fully saturated rings. The van der Waals surface area contributed by atoms with Gasteiger partial charge in [-0.1, -0.05) is 54.1 Å². The highest BCUT2D eigenvalue weighted by atomic mass is 16.5. The molecule has 1 saturated heterocycles. The van der Waals surface area contributed by atoms with E-state index in [0.29, 0.717) is 43.2 Å². The van der Waals surface area contributed by atoms with Gasteiger partial charge in [0.25, 0.3) is 5.91 Å². The van der Waals surface area contributed by atoms with E-state index in [1.165, 1.54) is 0 Å². The Kier molecular flexibility index (Phi) is 5.84. The minimum atomic E-state index is -0.0737. The topological polar surface area (TPSA) is 61.9 Å². The van der Waals surface area contributed by atoms with Crippen LogP contribution in [0.4, 0.5) is 5.69 Å². The van der Waals surface area contributed by atoms with Crippen molar-refractivity contribution in [2.24, 2.45) is 0 Å². The molecule has 5 rings (SSSR count). The summed E-state index contributed by atoms with van der Waals surface area (Å²) in [6, 6.07) is 23.5. The lowest BCUT2D eigenvalue weighted by atomic mass is 10.0. The van der Waals surface area contributed by atoms with Crippen LogP contribution in [0, 0.1) is 6.92 Å². The van der Waals surface area contributed by atoms with E-state index in [0.717, 1.165) is 16.7 Å². The molecule has 168 valence electrons. The molecule has 6 heteroatoms. The number of anilines is 1. The van der Waals surface area contributed by atoms with Crippen molar-refractivity contribution in [1.82, 2.24) is 9.80 Å². The number of piperazine rings is 1. The van der Waals surface area contributed by atoms with Gasteiger partial charge in [-0.05, 0) is 42.3 Å². The second kappa shape index (κ2) is 9.08. The third kappa shape index (κ3) is 4.61. The molecule has 0 aromatic heterocycles. The fraction of sp³-hybridized carbons (Fsp3) is 0.259. The Morgan fingerprint density at radius 2 is 1.82 bits per heavy atom. The van der Waals surface area contributed by atoms with Gasteiger partial charge in [0, 0.05) is 25.2 Å². The van der Waals surface area contributed by atoms with Crippen LogP contribution in [0.2, 0.25) is 0 Å². The van der Waals surface area contributed by atoms with E-state index in [4.69, 9.17) is 4.74 Å². The summed E-state index contributed by atoms with van der Waals surface area (Å²) in [5.41, 5.74) is 4.54. The van der Waals surface area contributed by atoms with Crippen molar-refractivity contribution in [3.63, 3.8) is 0 Å². The van der Waals surface area contributed by atoms with E-state index in [9.17, 15) is 9.59 Å². The van der Waals surface area contributed by atoms with E-state index in [1.807, 2.05) is 84.6 Å². The Morgan fingerprint density at radius 1 is 0.970 bits per heavy atom. The number of hydrogen-bond acceptors (Lipinski definition) is 4. The fourth-order valence-corrected chi connectivity index (χ4v) is 4.53. The molecule has 1 atom stereocenters. The molecule has 0 aliphatic carbocycles. The number of hydrogen-bond donors (Lipinski definition) is 1. The molecule has 3 aromatic rings. The Hall–Kier alpha value is -3.64. The molecule has 0 bridgehead atoms. The summed E-state index contributed by atoms with van der Waals surface area (Å²) in [4.78, 5) is 29.9. The summed E-state index contributed by atoms with van der Waals surface area (Å²) < 4.78 is 6.18. The van der Waals surface area contributed by atoms with Crippen LogP contribution < -0.4 is 10.1 Å². The maximum atomic E-state index is 13.1. The van der Waals surface area contributed by atoms with Crippen LogP contribution in [-0.2, 0) is 4.79 Å². The van der Waals surface area contributed by atoms with Gasteiger partial charge in [0.15, 0.2) is 0 Å². The molecular weight excluding hydrogens is 414 g/mol. The number of nitrogens with zero attached hydrogens (tertiary/aromatic N) is 2. The van der Waals surface area contributed by atoms with Gasteiger partial charge in [-0.25, -0.2) is 0 Å². The summed E-state index contributed by atoms with van der Waals surface area (Å²) in [6.07, 6.45) is 0. The predicted molar refractivity (Wildman–Crippen MR) is 128 cm³/mol. The van der Waals surface area contributed by atoms with Crippen LogP contribution in [0.25, 0.3) is 11.1 Å². The van der Waals surface area contributed by atoms with E-state index in [1.54, 1.807) is 0 Å². The van der Waals surface area contributed by atoms with Crippen LogP contribution in [0.1, 0.15) is 15.9 Å². The Morgan fingerprint density at radius 3 is 2.64 bits per heavy atom. The maximum absolute atomic E-state index is 13.1.